The third kappa shape index (κ3) is 3.75. The number of amides is 1. The number of methoxy groups -OCH3 is 1. The van der Waals surface area contributed by atoms with E-state index >= 15 is 0 Å². The van der Waals surface area contributed by atoms with E-state index in [0.29, 0.717) is 35.0 Å². The Hall–Kier alpha value is -3.94. The predicted octanol–water partition coefficient (Wildman–Crippen LogP) is 2.96. The number of carbonyl (C=O) groups is 1. The molecule has 0 spiro atoms. The van der Waals surface area contributed by atoms with E-state index < -0.39 is 0 Å². The molecule has 0 aliphatic carbocycles. The number of aromatic nitrogens is 4. The van der Waals surface area contributed by atoms with Gasteiger partial charge in [0.05, 0.1) is 12.7 Å². The summed E-state index contributed by atoms with van der Waals surface area (Å²) in [5, 5.41) is 10.6. The van der Waals surface area contributed by atoms with Crippen molar-refractivity contribution in [3.05, 3.63) is 78.5 Å². The Morgan fingerprint density at radius 3 is 2.79 bits per heavy atom. The molecule has 8 nitrogen and oxygen atoms in total. The van der Waals surface area contributed by atoms with Gasteiger partial charge in [-0.15, -0.1) is 10.2 Å². The molecule has 0 saturated carbocycles. The molecule has 0 atom stereocenters. The molecule has 1 N–H and O–H groups in total. The Labute approximate surface area is 160 Å². The Morgan fingerprint density at radius 1 is 1.11 bits per heavy atom. The van der Waals surface area contributed by atoms with E-state index in [9.17, 15) is 4.79 Å². The number of carbonyl (C=O) groups excluding carboxylic acids is 1. The van der Waals surface area contributed by atoms with Crippen molar-refractivity contribution < 1.29 is 14.3 Å². The van der Waals surface area contributed by atoms with Crippen LogP contribution in [0.25, 0.3) is 5.65 Å². The molecule has 28 heavy (non-hydrogen) atoms. The van der Waals surface area contributed by atoms with E-state index in [-0.39, 0.29) is 5.91 Å². The van der Waals surface area contributed by atoms with Gasteiger partial charge >= 0.3 is 0 Å². The number of nitrogens with zero attached hydrogens (tertiary/aromatic N) is 4. The first kappa shape index (κ1) is 17.5. The van der Waals surface area contributed by atoms with E-state index in [1.165, 1.54) is 0 Å². The fraction of sp³-hybridized carbons (Fsp3) is 0.100. The zero-order valence-electron chi connectivity index (χ0n) is 15.1. The molecule has 0 saturated heterocycles. The van der Waals surface area contributed by atoms with Gasteiger partial charge in [-0.1, -0.05) is 0 Å². The van der Waals surface area contributed by atoms with Crippen LogP contribution in [0.5, 0.6) is 11.5 Å². The van der Waals surface area contributed by atoms with E-state index in [0.717, 1.165) is 5.56 Å². The number of fused-ring (bicyclic) bond motifs is 1. The minimum Gasteiger partial charge on any atom is -0.493 e. The molecule has 0 aliphatic heterocycles. The standard InChI is InChI=1S/C20H17N5O3/c1-27-17-4-3-16(10-18(17)28-12-14-6-8-21-9-7-14)23-20(26)15-2-5-19-24-22-13-25(19)11-15/h2-11,13H,12H2,1H3,(H,23,26). The Bertz CT molecular complexity index is 1110. The molecular formula is C20H17N5O3. The monoisotopic (exact) mass is 375 g/mol. The maximum absolute atomic E-state index is 12.6. The van der Waals surface area contributed by atoms with Gasteiger partial charge in [0.1, 0.15) is 12.9 Å². The average molecular weight is 375 g/mol. The molecule has 0 fully saturated rings. The van der Waals surface area contributed by atoms with E-state index in [1.54, 1.807) is 66.8 Å². The summed E-state index contributed by atoms with van der Waals surface area (Å²) >= 11 is 0. The van der Waals surface area contributed by atoms with E-state index in [2.05, 4.69) is 20.5 Å². The highest BCUT2D eigenvalue weighted by Gasteiger charge is 2.11. The van der Waals surface area contributed by atoms with Crippen LogP contribution in [0, 0.1) is 0 Å². The highest BCUT2D eigenvalue weighted by atomic mass is 16.5. The van der Waals surface area contributed by atoms with Gasteiger partial charge in [-0.3, -0.25) is 14.2 Å². The zero-order chi connectivity index (χ0) is 19.3. The smallest absolute Gasteiger partial charge is 0.257 e. The van der Waals surface area contributed by atoms with Gasteiger partial charge in [-0.2, -0.15) is 0 Å². The van der Waals surface area contributed by atoms with Gasteiger partial charge in [0.25, 0.3) is 5.91 Å². The lowest BCUT2D eigenvalue weighted by molar-refractivity contribution is 0.102. The lowest BCUT2D eigenvalue weighted by Crippen LogP contribution is -2.12. The average Bonchev–Trinajstić information content (AvgIpc) is 3.21. The summed E-state index contributed by atoms with van der Waals surface area (Å²) in [6.45, 7) is 0.362. The molecule has 8 heteroatoms. The van der Waals surface area contributed by atoms with Crippen molar-refractivity contribution in [2.24, 2.45) is 0 Å². The number of anilines is 1. The second-order valence-electron chi connectivity index (χ2n) is 5.98. The van der Waals surface area contributed by atoms with Gasteiger partial charge < -0.3 is 14.8 Å². The van der Waals surface area contributed by atoms with Crippen molar-refractivity contribution in [1.82, 2.24) is 19.6 Å². The SMILES string of the molecule is COc1ccc(NC(=O)c2ccc3nncn3c2)cc1OCc1ccncc1. The van der Waals surface area contributed by atoms with Crippen molar-refractivity contribution in [2.45, 2.75) is 6.61 Å². The maximum atomic E-state index is 12.6. The number of ether oxygens (including phenoxy) is 2. The topological polar surface area (TPSA) is 90.6 Å². The van der Waals surface area contributed by atoms with Gasteiger partial charge in [0.2, 0.25) is 0 Å². The number of benzene rings is 1. The molecule has 0 bridgehead atoms. The molecule has 4 rings (SSSR count). The molecule has 0 radical (unpaired) electrons. The Balaban J connectivity index is 1.51. The Morgan fingerprint density at radius 2 is 1.96 bits per heavy atom. The van der Waals surface area contributed by atoms with Crippen LogP contribution in [-0.2, 0) is 6.61 Å². The Kier molecular flexibility index (Phi) is 4.83. The normalized spacial score (nSPS) is 10.6. The number of rotatable bonds is 6. The van der Waals surface area contributed by atoms with E-state index in [4.69, 9.17) is 9.47 Å². The summed E-state index contributed by atoms with van der Waals surface area (Å²) < 4.78 is 12.9. The number of hydrogen-bond donors (Lipinski definition) is 1. The van der Waals surface area contributed by atoms with Crippen LogP contribution in [0.1, 0.15) is 15.9 Å². The third-order valence-electron chi connectivity index (χ3n) is 4.12. The summed E-state index contributed by atoms with van der Waals surface area (Å²) in [4.78, 5) is 16.6. The molecule has 140 valence electrons. The van der Waals surface area contributed by atoms with Crippen molar-refractivity contribution >= 4 is 17.2 Å². The van der Waals surface area contributed by atoms with Crippen LogP contribution < -0.4 is 14.8 Å². The fourth-order valence-electron chi connectivity index (χ4n) is 2.67. The molecular weight excluding hydrogens is 358 g/mol. The summed E-state index contributed by atoms with van der Waals surface area (Å²) in [7, 11) is 1.57. The third-order valence-corrected chi connectivity index (χ3v) is 4.12. The first-order valence-corrected chi connectivity index (χ1v) is 8.53. The lowest BCUT2D eigenvalue weighted by Gasteiger charge is -2.13. The molecule has 3 heterocycles. The van der Waals surface area contributed by atoms with Gasteiger partial charge in [0.15, 0.2) is 17.1 Å². The first-order valence-electron chi connectivity index (χ1n) is 8.53. The van der Waals surface area contributed by atoms with Crippen LogP contribution in [0.2, 0.25) is 0 Å². The highest BCUT2D eigenvalue weighted by Crippen LogP contribution is 2.31. The summed E-state index contributed by atoms with van der Waals surface area (Å²) in [6, 6.07) is 12.4. The maximum Gasteiger partial charge on any atom is 0.257 e. The summed E-state index contributed by atoms with van der Waals surface area (Å²) in [5.74, 6) is 0.866. The molecule has 0 aliphatic rings. The van der Waals surface area contributed by atoms with Crippen LogP contribution in [0.15, 0.2) is 67.4 Å². The zero-order valence-corrected chi connectivity index (χ0v) is 15.1. The van der Waals surface area contributed by atoms with Crippen LogP contribution in [0.4, 0.5) is 5.69 Å². The van der Waals surface area contributed by atoms with Crippen LogP contribution in [-0.4, -0.2) is 32.6 Å². The van der Waals surface area contributed by atoms with Crippen LogP contribution in [0.3, 0.4) is 0 Å². The van der Waals surface area contributed by atoms with Crippen LogP contribution >= 0.6 is 0 Å². The number of hydrogen-bond acceptors (Lipinski definition) is 6. The summed E-state index contributed by atoms with van der Waals surface area (Å²) in [5.41, 5.74) is 2.74. The molecule has 1 amide bonds. The number of nitrogens with one attached hydrogen (secondary N) is 1. The van der Waals surface area contributed by atoms with Crippen molar-refractivity contribution in [3.8, 4) is 11.5 Å². The molecule has 4 aromatic rings. The van der Waals surface area contributed by atoms with Gasteiger partial charge in [0, 0.05) is 30.3 Å². The lowest BCUT2D eigenvalue weighted by atomic mass is 10.2. The molecule has 3 aromatic heterocycles. The largest absolute Gasteiger partial charge is 0.493 e. The first-order chi connectivity index (χ1) is 13.7. The predicted molar refractivity (Wildman–Crippen MR) is 103 cm³/mol. The van der Waals surface area contributed by atoms with Crippen molar-refractivity contribution in [3.63, 3.8) is 0 Å². The summed E-state index contributed by atoms with van der Waals surface area (Å²) in [6.07, 6.45) is 6.64. The second-order valence-corrected chi connectivity index (χ2v) is 5.98. The fourth-order valence-corrected chi connectivity index (χ4v) is 2.67. The quantitative estimate of drug-likeness (QED) is 0.557. The van der Waals surface area contributed by atoms with E-state index in [1.807, 2.05) is 12.1 Å². The van der Waals surface area contributed by atoms with Gasteiger partial charge in [-0.05, 0) is 42.0 Å². The van der Waals surface area contributed by atoms with Crippen molar-refractivity contribution in [1.29, 1.82) is 0 Å². The molecule has 0 unspecified atom stereocenters. The minimum atomic E-state index is -0.249. The van der Waals surface area contributed by atoms with Gasteiger partial charge in [-0.25, -0.2) is 0 Å². The second kappa shape index (κ2) is 7.75. The minimum absolute atomic E-state index is 0.249. The molecule has 1 aromatic carbocycles. The highest BCUT2D eigenvalue weighted by molar-refractivity contribution is 6.04. The number of pyridine rings is 2. The van der Waals surface area contributed by atoms with Crippen molar-refractivity contribution in [2.75, 3.05) is 12.4 Å².